The molecule has 1 fully saturated rings. The second kappa shape index (κ2) is 7.78. The summed E-state index contributed by atoms with van der Waals surface area (Å²) in [4.78, 5) is 21.8. The molecule has 6 rings (SSSR count). The molecule has 2 N–H and O–H groups in total. The molecule has 0 unspecified atom stereocenters. The third-order valence-electron chi connectivity index (χ3n) is 5.85. The molecule has 33 heavy (non-hydrogen) atoms. The van der Waals surface area contributed by atoms with Gasteiger partial charge >= 0.3 is 0 Å². The van der Waals surface area contributed by atoms with E-state index in [0.717, 1.165) is 11.4 Å². The molecular formula is C22H20N8O3. The van der Waals surface area contributed by atoms with Crippen LogP contribution in [0.3, 0.4) is 0 Å². The first-order valence-electron chi connectivity index (χ1n) is 10.7. The maximum Gasteiger partial charge on any atom is 0.274 e. The van der Waals surface area contributed by atoms with E-state index in [1.165, 1.54) is 17.5 Å². The molecule has 1 saturated carbocycles. The molecule has 1 aromatic carbocycles. The Morgan fingerprint density at radius 2 is 2.15 bits per heavy atom. The quantitative estimate of drug-likeness (QED) is 0.477. The topological polar surface area (TPSA) is 133 Å². The number of anilines is 1. The molecule has 11 heteroatoms. The molecule has 4 aromatic rings. The molecule has 0 saturated heterocycles. The van der Waals surface area contributed by atoms with Gasteiger partial charge in [-0.1, -0.05) is 6.07 Å². The van der Waals surface area contributed by atoms with Crippen LogP contribution >= 0.6 is 0 Å². The van der Waals surface area contributed by atoms with E-state index in [0.29, 0.717) is 28.7 Å². The summed E-state index contributed by atoms with van der Waals surface area (Å²) >= 11 is 0. The molecule has 0 spiro atoms. The van der Waals surface area contributed by atoms with Gasteiger partial charge in [0.05, 0.1) is 35.6 Å². The van der Waals surface area contributed by atoms with Crippen molar-refractivity contribution in [1.82, 2.24) is 34.7 Å². The molecular weight excluding hydrogens is 424 g/mol. The van der Waals surface area contributed by atoms with Crippen LogP contribution in [0.15, 0.2) is 49.1 Å². The third-order valence-corrected chi connectivity index (χ3v) is 5.85. The van der Waals surface area contributed by atoms with Crippen LogP contribution in [-0.2, 0) is 0 Å². The number of aliphatic hydroxyl groups excluding tert-OH is 1. The Morgan fingerprint density at radius 3 is 3.00 bits per heavy atom. The van der Waals surface area contributed by atoms with Crippen molar-refractivity contribution in [2.24, 2.45) is 0 Å². The van der Waals surface area contributed by atoms with Gasteiger partial charge in [-0.3, -0.25) is 9.78 Å². The van der Waals surface area contributed by atoms with Crippen LogP contribution in [0, 0.1) is 0 Å². The number of ether oxygens (including phenoxy) is 1. The molecule has 3 aromatic heterocycles. The molecule has 1 aliphatic carbocycles. The zero-order chi connectivity index (χ0) is 22.4. The number of rotatable bonds is 5. The molecule has 1 atom stereocenters. The molecule has 4 heterocycles. The predicted octanol–water partition coefficient (Wildman–Crippen LogP) is 1.98. The number of hydrogen-bond donors (Lipinski definition) is 2. The van der Waals surface area contributed by atoms with Crippen molar-refractivity contribution in [2.75, 3.05) is 18.5 Å². The standard InChI is InChI=1S/C22H20N8O3/c31-10-15-11-33-20-16(21-26-27-28-30(15)21)2-1-3-17(20)25-22(32)18-8-14(6-7-23-18)29-9-19(24-12-29)13-4-5-13/h1-3,6-9,12-13,15,31H,4-5,10-11H2,(H,25,32)/t15-/m1/s1. The van der Waals surface area contributed by atoms with Gasteiger partial charge < -0.3 is 19.7 Å². The molecule has 0 bridgehead atoms. The van der Waals surface area contributed by atoms with E-state index in [1.54, 1.807) is 30.7 Å². The van der Waals surface area contributed by atoms with E-state index < -0.39 is 6.04 Å². The minimum absolute atomic E-state index is 0.159. The molecule has 166 valence electrons. The summed E-state index contributed by atoms with van der Waals surface area (Å²) in [7, 11) is 0. The maximum atomic E-state index is 13.1. The Balaban J connectivity index is 1.29. The average Bonchev–Trinajstić information content (AvgIpc) is 3.42. The van der Waals surface area contributed by atoms with Gasteiger partial charge in [-0.15, -0.1) is 5.10 Å². The smallest absolute Gasteiger partial charge is 0.274 e. The Bertz CT molecular complexity index is 1340. The van der Waals surface area contributed by atoms with Crippen molar-refractivity contribution in [1.29, 1.82) is 0 Å². The first-order valence-corrected chi connectivity index (χ1v) is 10.7. The SMILES string of the molecule is O=C(Nc1cccc2c1OC[C@@H](CO)n1nnnc1-2)c1cc(-n2cnc(C3CC3)c2)ccn1. The first-order chi connectivity index (χ1) is 16.2. The summed E-state index contributed by atoms with van der Waals surface area (Å²) in [6.45, 7) is -0.0206. The van der Waals surface area contributed by atoms with Crippen molar-refractivity contribution in [3.63, 3.8) is 0 Å². The molecule has 1 aliphatic heterocycles. The number of nitrogens with one attached hydrogen (secondary N) is 1. The van der Waals surface area contributed by atoms with Crippen molar-refractivity contribution < 1.29 is 14.6 Å². The third kappa shape index (κ3) is 3.52. The Morgan fingerprint density at radius 1 is 1.24 bits per heavy atom. The van der Waals surface area contributed by atoms with Gasteiger partial charge in [-0.25, -0.2) is 9.67 Å². The molecule has 11 nitrogen and oxygen atoms in total. The number of fused-ring (bicyclic) bond motifs is 3. The first kappa shape index (κ1) is 19.6. The highest BCUT2D eigenvalue weighted by Gasteiger charge is 2.28. The number of para-hydroxylation sites is 1. The fourth-order valence-corrected chi connectivity index (χ4v) is 3.92. The summed E-state index contributed by atoms with van der Waals surface area (Å²) in [6, 6.07) is 8.46. The Hall–Kier alpha value is -4.12. The van der Waals surface area contributed by atoms with E-state index in [4.69, 9.17) is 4.74 Å². The fourth-order valence-electron chi connectivity index (χ4n) is 3.92. The summed E-state index contributed by atoms with van der Waals surface area (Å²) in [6.07, 6.45) is 7.72. The lowest BCUT2D eigenvalue weighted by Crippen LogP contribution is -2.21. The number of tetrazole rings is 1. The number of hydrogen-bond acceptors (Lipinski definition) is 8. The zero-order valence-electron chi connectivity index (χ0n) is 17.5. The second-order valence-electron chi connectivity index (χ2n) is 8.11. The van der Waals surface area contributed by atoms with Crippen LogP contribution in [0.2, 0.25) is 0 Å². The Labute approximate surface area is 188 Å². The number of benzene rings is 1. The van der Waals surface area contributed by atoms with Crippen LogP contribution in [0.4, 0.5) is 5.69 Å². The van der Waals surface area contributed by atoms with Crippen LogP contribution in [0.5, 0.6) is 5.75 Å². The van der Waals surface area contributed by atoms with Gasteiger partial charge in [0.1, 0.15) is 18.3 Å². The highest BCUT2D eigenvalue weighted by Crippen LogP contribution is 2.40. The van der Waals surface area contributed by atoms with E-state index in [1.807, 2.05) is 22.9 Å². The summed E-state index contributed by atoms with van der Waals surface area (Å²) in [5, 5.41) is 24.4. The number of amides is 1. The number of aliphatic hydroxyl groups is 1. The normalized spacial score (nSPS) is 16.9. The summed E-state index contributed by atoms with van der Waals surface area (Å²) in [5.41, 5.74) is 3.24. The minimum atomic E-state index is -0.431. The van der Waals surface area contributed by atoms with Crippen LogP contribution in [0.1, 0.15) is 41.0 Å². The molecule has 2 aliphatic rings. The van der Waals surface area contributed by atoms with Crippen molar-refractivity contribution in [3.8, 4) is 22.8 Å². The lowest BCUT2D eigenvalue weighted by Gasteiger charge is -2.14. The number of imidazole rings is 1. The number of aromatic nitrogens is 7. The van der Waals surface area contributed by atoms with Gasteiger partial charge in [0.2, 0.25) is 0 Å². The van der Waals surface area contributed by atoms with Crippen LogP contribution in [0.25, 0.3) is 17.1 Å². The Kier molecular flexibility index (Phi) is 4.61. The highest BCUT2D eigenvalue weighted by atomic mass is 16.5. The lowest BCUT2D eigenvalue weighted by molar-refractivity contribution is 0.102. The number of nitrogens with zero attached hydrogens (tertiary/aromatic N) is 7. The van der Waals surface area contributed by atoms with Crippen molar-refractivity contribution in [2.45, 2.75) is 24.8 Å². The number of carbonyl (C=O) groups excluding carboxylic acids is 1. The van der Waals surface area contributed by atoms with E-state index in [-0.39, 0.29) is 24.8 Å². The zero-order valence-corrected chi connectivity index (χ0v) is 17.5. The van der Waals surface area contributed by atoms with Gasteiger partial charge in [0, 0.05) is 18.3 Å². The van der Waals surface area contributed by atoms with Crippen molar-refractivity contribution >= 4 is 11.6 Å². The van der Waals surface area contributed by atoms with Gasteiger partial charge in [-0.05, 0) is 47.5 Å². The van der Waals surface area contributed by atoms with Crippen LogP contribution in [-0.4, -0.2) is 59.0 Å². The van der Waals surface area contributed by atoms with Gasteiger partial charge in [0.25, 0.3) is 5.91 Å². The average molecular weight is 444 g/mol. The van der Waals surface area contributed by atoms with Crippen molar-refractivity contribution in [3.05, 3.63) is 60.4 Å². The van der Waals surface area contributed by atoms with E-state index in [2.05, 4.69) is 30.8 Å². The summed E-state index contributed by atoms with van der Waals surface area (Å²) < 4.78 is 9.38. The largest absolute Gasteiger partial charge is 0.488 e. The lowest BCUT2D eigenvalue weighted by atomic mass is 10.1. The monoisotopic (exact) mass is 444 g/mol. The second-order valence-corrected chi connectivity index (χ2v) is 8.11. The number of carbonyl (C=O) groups is 1. The number of pyridine rings is 1. The predicted molar refractivity (Wildman–Crippen MR) is 116 cm³/mol. The maximum absolute atomic E-state index is 13.1. The van der Waals surface area contributed by atoms with E-state index >= 15 is 0 Å². The van der Waals surface area contributed by atoms with E-state index in [9.17, 15) is 9.90 Å². The highest BCUT2D eigenvalue weighted by molar-refractivity contribution is 6.04. The van der Waals surface area contributed by atoms with Gasteiger partial charge in [0.15, 0.2) is 11.6 Å². The van der Waals surface area contributed by atoms with Crippen LogP contribution < -0.4 is 10.1 Å². The fraction of sp³-hybridized carbons (Fsp3) is 0.273. The van der Waals surface area contributed by atoms with Gasteiger partial charge in [-0.2, -0.15) is 0 Å². The molecule has 0 radical (unpaired) electrons. The summed E-state index contributed by atoms with van der Waals surface area (Å²) in [5.74, 6) is 1.08. The molecule has 1 amide bonds. The minimum Gasteiger partial charge on any atom is -0.488 e.